The molecular weight excluding hydrogens is 266 g/mol. The summed E-state index contributed by atoms with van der Waals surface area (Å²) in [6, 6.07) is 3.48. The van der Waals surface area contributed by atoms with E-state index in [-0.39, 0.29) is 18.1 Å². The molecule has 0 aromatic carbocycles. The average molecular weight is 281 g/mol. The maximum atomic E-state index is 10.6. The zero-order valence-corrected chi connectivity index (χ0v) is 10.7. The van der Waals surface area contributed by atoms with E-state index in [0.29, 0.717) is 6.54 Å². The smallest absolute Gasteiger partial charge is 0.265 e. The van der Waals surface area contributed by atoms with Gasteiger partial charge in [-0.05, 0) is 12.0 Å². The molecule has 96 valence electrons. The molecule has 0 aliphatic carbocycles. The Bertz CT molecular complexity index is 446. The van der Waals surface area contributed by atoms with Crippen molar-refractivity contribution in [3.8, 4) is 0 Å². The molecule has 0 spiro atoms. The molecular formula is C10H15ClNO4S+. The summed E-state index contributed by atoms with van der Waals surface area (Å²) >= 11 is 5.48. The summed E-state index contributed by atoms with van der Waals surface area (Å²) in [4.78, 5) is 0. The summed E-state index contributed by atoms with van der Waals surface area (Å²) < 4.78 is 31.5. The maximum absolute atomic E-state index is 10.6. The van der Waals surface area contributed by atoms with Crippen molar-refractivity contribution in [3.63, 3.8) is 0 Å². The van der Waals surface area contributed by atoms with Gasteiger partial charge in [-0.25, -0.2) is 4.57 Å². The predicted molar refractivity (Wildman–Crippen MR) is 63.5 cm³/mol. The van der Waals surface area contributed by atoms with Crippen LogP contribution in [0.1, 0.15) is 5.56 Å². The van der Waals surface area contributed by atoms with Gasteiger partial charge >= 0.3 is 0 Å². The molecule has 17 heavy (non-hydrogen) atoms. The molecule has 1 atom stereocenters. The molecule has 1 aromatic heterocycles. The molecule has 0 aliphatic heterocycles. The van der Waals surface area contributed by atoms with E-state index >= 15 is 0 Å². The minimum atomic E-state index is -3.92. The number of nitrogens with zero attached hydrogens (tertiary/aromatic N) is 1. The van der Waals surface area contributed by atoms with Gasteiger partial charge in [0.05, 0.1) is 11.6 Å². The Hall–Kier alpha value is -0.690. The molecule has 0 saturated heterocycles. The Morgan fingerprint density at radius 1 is 1.35 bits per heavy atom. The molecule has 0 bridgehead atoms. The lowest BCUT2D eigenvalue weighted by Gasteiger charge is -2.03. The van der Waals surface area contributed by atoms with E-state index in [4.69, 9.17) is 16.2 Å². The van der Waals surface area contributed by atoms with Gasteiger partial charge in [0.1, 0.15) is 6.10 Å². The Kier molecular flexibility index (Phi) is 5.32. The van der Waals surface area contributed by atoms with Crippen molar-refractivity contribution in [2.24, 2.45) is 0 Å². The van der Waals surface area contributed by atoms with Crippen molar-refractivity contribution in [2.45, 2.75) is 19.1 Å². The van der Waals surface area contributed by atoms with E-state index < -0.39 is 16.2 Å². The third-order valence-electron chi connectivity index (χ3n) is 2.21. The van der Waals surface area contributed by atoms with Crippen LogP contribution in [0.3, 0.4) is 0 Å². The zero-order valence-electron chi connectivity index (χ0n) is 9.16. The van der Waals surface area contributed by atoms with Gasteiger partial charge in [0, 0.05) is 12.1 Å². The monoisotopic (exact) mass is 280 g/mol. The normalized spacial score (nSPS) is 13.6. The second kappa shape index (κ2) is 6.30. The largest absolute Gasteiger partial charge is 0.385 e. The van der Waals surface area contributed by atoms with Crippen LogP contribution in [0.2, 0.25) is 0 Å². The van der Waals surface area contributed by atoms with E-state index in [2.05, 4.69) is 0 Å². The fraction of sp³-hybridized carbons (Fsp3) is 0.500. The molecule has 2 N–H and O–H groups in total. The van der Waals surface area contributed by atoms with Crippen molar-refractivity contribution in [1.82, 2.24) is 0 Å². The highest BCUT2D eigenvalue weighted by atomic mass is 35.5. The van der Waals surface area contributed by atoms with Crippen LogP contribution in [0.4, 0.5) is 0 Å². The van der Waals surface area contributed by atoms with E-state index in [1.54, 1.807) is 29.1 Å². The molecule has 1 rings (SSSR count). The van der Waals surface area contributed by atoms with E-state index in [0.717, 1.165) is 5.56 Å². The Balaban J connectivity index is 2.56. The standard InChI is InChI=1S/C10H14ClNO4S/c11-7-10(13)8-12-4-1-9(2-5-12)3-6-17(14,15)16/h1-2,4-5,10,13H,3,6-8H2/p+1/t10-/m0/s1. The van der Waals surface area contributed by atoms with Gasteiger partial charge in [0.25, 0.3) is 10.1 Å². The highest BCUT2D eigenvalue weighted by molar-refractivity contribution is 7.85. The van der Waals surface area contributed by atoms with Crippen LogP contribution in [-0.2, 0) is 23.1 Å². The maximum Gasteiger partial charge on any atom is 0.265 e. The molecule has 1 aromatic rings. The lowest BCUT2D eigenvalue weighted by molar-refractivity contribution is -0.703. The number of hydrogen-bond acceptors (Lipinski definition) is 3. The number of pyridine rings is 1. The Morgan fingerprint density at radius 3 is 2.41 bits per heavy atom. The molecule has 7 heteroatoms. The zero-order chi connectivity index (χ0) is 12.9. The summed E-state index contributed by atoms with van der Waals surface area (Å²) in [5.41, 5.74) is 0.805. The molecule has 0 radical (unpaired) electrons. The second-order valence-electron chi connectivity index (χ2n) is 3.75. The van der Waals surface area contributed by atoms with Gasteiger partial charge in [0.2, 0.25) is 0 Å². The second-order valence-corrected chi connectivity index (χ2v) is 5.63. The summed E-state index contributed by atoms with van der Waals surface area (Å²) in [6.45, 7) is 0.391. The van der Waals surface area contributed by atoms with Crippen LogP contribution < -0.4 is 4.57 Å². The number of aliphatic hydroxyl groups is 1. The van der Waals surface area contributed by atoms with E-state index in [1.165, 1.54) is 0 Å². The first kappa shape index (κ1) is 14.4. The number of alkyl halides is 1. The number of aromatic nitrogens is 1. The fourth-order valence-electron chi connectivity index (χ4n) is 1.32. The number of rotatable bonds is 6. The first-order chi connectivity index (χ1) is 7.90. The minimum Gasteiger partial charge on any atom is -0.385 e. The molecule has 0 amide bonds. The number of halogens is 1. The van der Waals surface area contributed by atoms with Crippen LogP contribution >= 0.6 is 11.6 Å². The average Bonchev–Trinajstić information content (AvgIpc) is 2.27. The third kappa shape index (κ3) is 5.97. The van der Waals surface area contributed by atoms with Crippen LogP contribution in [-0.4, -0.2) is 35.8 Å². The molecule has 0 unspecified atom stereocenters. The van der Waals surface area contributed by atoms with Crippen LogP contribution in [0.15, 0.2) is 24.5 Å². The Morgan fingerprint density at radius 2 is 1.94 bits per heavy atom. The highest BCUT2D eigenvalue weighted by Gasteiger charge is 2.10. The van der Waals surface area contributed by atoms with Crippen molar-refractivity contribution < 1.29 is 22.6 Å². The van der Waals surface area contributed by atoms with Gasteiger partial charge in [-0.15, -0.1) is 11.6 Å². The summed E-state index contributed by atoms with van der Waals surface area (Å²) in [7, 11) is -3.92. The van der Waals surface area contributed by atoms with Crippen molar-refractivity contribution in [2.75, 3.05) is 11.6 Å². The van der Waals surface area contributed by atoms with Crippen molar-refractivity contribution >= 4 is 21.7 Å². The lowest BCUT2D eigenvalue weighted by Crippen LogP contribution is -2.39. The topological polar surface area (TPSA) is 78.5 Å². The summed E-state index contributed by atoms with van der Waals surface area (Å²) in [5.74, 6) is -0.126. The molecule has 0 aliphatic rings. The molecule has 5 nitrogen and oxygen atoms in total. The first-order valence-electron chi connectivity index (χ1n) is 5.08. The fourth-order valence-corrected chi connectivity index (χ4v) is 1.91. The van der Waals surface area contributed by atoms with Crippen LogP contribution in [0, 0.1) is 0 Å². The number of aryl methyl sites for hydroxylation is 1. The number of aliphatic hydroxyl groups excluding tert-OH is 1. The van der Waals surface area contributed by atoms with Crippen LogP contribution in [0.5, 0.6) is 0 Å². The molecule has 1 heterocycles. The minimum absolute atomic E-state index is 0.164. The van der Waals surface area contributed by atoms with Crippen LogP contribution in [0.25, 0.3) is 0 Å². The van der Waals surface area contributed by atoms with Gasteiger partial charge in [0.15, 0.2) is 18.9 Å². The van der Waals surface area contributed by atoms with Crippen molar-refractivity contribution in [1.29, 1.82) is 0 Å². The lowest BCUT2D eigenvalue weighted by atomic mass is 10.2. The quantitative estimate of drug-likeness (QED) is 0.437. The molecule has 0 fully saturated rings. The SMILES string of the molecule is O=S(=O)(O)CCc1cc[n+](C[C@@H](O)CCl)cc1. The van der Waals surface area contributed by atoms with E-state index in [1.807, 2.05) is 0 Å². The van der Waals surface area contributed by atoms with Gasteiger partial charge in [-0.1, -0.05) is 0 Å². The highest BCUT2D eigenvalue weighted by Crippen LogP contribution is 1.99. The van der Waals surface area contributed by atoms with Gasteiger partial charge in [-0.2, -0.15) is 8.42 Å². The van der Waals surface area contributed by atoms with Gasteiger partial charge in [-0.3, -0.25) is 4.55 Å². The third-order valence-corrected chi connectivity index (χ3v) is 3.28. The molecule has 0 saturated carbocycles. The summed E-state index contributed by atoms with van der Waals surface area (Å²) in [5, 5.41) is 9.33. The first-order valence-corrected chi connectivity index (χ1v) is 7.22. The Labute approximate surface area is 105 Å². The van der Waals surface area contributed by atoms with Gasteiger partial charge < -0.3 is 5.11 Å². The summed E-state index contributed by atoms with van der Waals surface area (Å²) in [6.07, 6.45) is 3.12. The van der Waals surface area contributed by atoms with E-state index in [9.17, 15) is 13.5 Å². The predicted octanol–water partition coefficient (Wildman–Crippen LogP) is 0.00410. The van der Waals surface area contributed by atoms with Crippen molar-refractivity contribution in [3.05, 3.63) is 30.1 Å². The number of hydrogen-bond donors (Lipinski definition) is 2.